The molecule has 4 aromatic rings. The summed E-state index contributed by atoms with van der Waals surface area (Å²) in [7, 11) is 0. The van der Waals surface area contributed by atoms with E-state index >= 15 is 0 Å². The number of hydrogen-bond donors (Lipinski definition) is 0. The Balaban J connectivity index is 1.09. The van der Waals surface area contributed by atoms with Crippen LogP contribution in [0, 0.1) is 0 Å². The van der Waals surface area contributed by atoms with Crippen molar-refractivity contribution in [1.82, 2.24) is 4.90 Å². The second-order valence-electron chi connectivity index (χ2n) is 9.37. The normalized spacial score (nSPS) is 18.5. The van der Waals surface area contributed by atoms with Gasteiger partial charge in [0.05, 0.1) is 5.69 Å². The number of rotatable bonds is 3. The first kappa shape index (κ1) is 21.1. The molecule has 1 fully saturated rings. The Morgan fingerprint density at radius 1 is 0.943 bits per heavy atom. The van der Waals surface area contributed by atoms with Crippen molar-refractivity contribution in [2.75, 3.05) is 29.4 Å². The van der Waals surface area contributed by atoms with E-state index in [2.05, 4.69) is 58.3 Å². The smallest absolute Gasteiger partial charge is 0.414 e. The third-order valence-electron chi connectivity index (χ3n) is 7.41. The Hall–Kier alpha value is -3.22. The Labute approximate surface area is 212 Å². The molecule has 35 heavy (non-hydrogen) atoms. The van der Waals surface area contributed by atoms with Gasteiger partial charge in [-0.05, 0) is 55.3 Å². The summed E-state index contributed by atoms with van der Waals surface area (Å²) in [5.41, 5.74) is 3.15. The Kier molecular flexibility index (Phi) is 4.93. The minimum atomic E-state index is -0.265. The topological polar surface area (TPSA) is 36.0 Å². The van der Waals surface area contributed by atoms with Crippen LogP contribution < -0.4 is 9.80 Å². The molecule has 5 nitrogen and oxygen atoms in total. The van der Waals surface area contributed by atoms with Crippen LogP contribution >= 0.6 is 22.9 Å². The highest BCUT2D eigenvalue weighted by molar-refractivity contribution is 7.25. The van der Waals surface area contributed by atoms with Crippen molar-refractivity contribution in [3.05, 3.63) is 83.1 Å². The van der Waals surface area contributed by atoms with Gasteiger partial charge in [0.15, 0.2) is 0 Å². The highest BCUT2D eigenvalue weighted by Crippen LogP contribution is 2.39. The molecule has 0 bridgehead atoms. The molecule has 1 amide bonds. The molecule has 3 aliphatic rings. The van der Waals surface area contributed by atoms with Gasteiger partial charge in [0.25, 0.3) is 0 Å². The van der Waals surface area contributed by atoms with Crippen LogP contribution in [0.4, 0.5) is 16.2 Å². The number of nitrogens with zero attached hydrogens (tertiary/aromatic N) is 3. The zero-order valence-electron chi connectivity index (χ0n) is 19.1. The van der Waals surface area contributed by atoms with Gasteiger partial charge in [0.1, 0.15) is 12.4 Å². The molecule has 0 spiro atoms. The molecule has 4 heterocycles. The number of carbonyl (C=O) groups is 1. The summed E-state index contributed by atoms with van der Waals surface area (Å²) in [5, 5.41) is 3.30. The number of cyclic esters (lactones) is 1. The second kappa shape index (κ2) is 8.18. The quantitative estimate of drug-likeness (QED) is 0.303. The number of fused-ring (bicyclic) bond motifs is 4. The standard InChI is InChI=1S/C28H24ClN3O2S/c29-19-6-5-18-17-34-28(33)32(24(18)15-19)20-9-12-30(13-10-20)27-11-14-31(27)21-7-8-26-23(16-21)22-3-1-2-4-25(22)35-26/h1-8,11,15-16,20H,9-10,12-14,17H2. The van der Waals surface area contributed by atoms with Crippen LogP contribution in [0.5, 0.6) is 0 Å². The van der Waals surface area contributed by atoms with Gasteiger partial charge < -0.3 is 14.5 Å². The lowest BCUT2D eigenvalue weighted by Crippen LogP contribution is -2.52. The van der Waals surface area contributed by atoms with Gasteiger partial charge in [-0.25, -0.2) is 4.79 Å². The predicted molar refractivity (Wildman–Crippen MR) is 143 cm³/mol. The summed E-state index contributed by atoms with van der Waals surface area (Å²) in [5.74, 6) is 1.27. The first-order valence-electron chi connectivity index (χ1n) is 12.0. The summed E-state index contributed by atoms with van der Waals surface area (Å²) in [6.07, 6.45) is 3.82. The zero-order valence-corrected chi connectivity index (χ0v) is 20.7. The van der Waals surface area contributed by atoms with Crippen molar-refractivity contribution < 1.29 is 9.53 Å². The number of benzene rings is 3. The van der Waals surface area contributed by atoms with Gasteiger partial charge in [0.2, 0.25) is 0 Å². The molecular weight excluding hydrogens is 478 g/mol. The first-order chi connectivity index (χ1) is 17.2. The zero-order chi connectivity index (χ0) is 23.5. The van der Waals surface area contributed by atoms with Crippen molar-refractivity contribution in [2.24, 2.45) is 0 Å². The van der Waals surface area contributed by atoms with Crippen molar-refractivity contribution in [3.63, 3.8) is 0 Å². The maximum Gasteiger partial charge on any atom is 0.414 e. The van der Waals surface area contributed by atoms with Gasteiger partial charge in [-0.2, -0.15) is 0 Å². The average molecular weight is 502 g/mol. The molecule has 7 heteroatoms. The molecule has 3 aliphatic heterocycles. The third kappa shape index (κ3) is 3.46. The van der Waals surface area contributed by atoms with E-state index < -0.39 is 0 Å². The van der Waals surface area contributed by atoms with Crippen molar-refractivity contribution in [1.29, 1.82) is 0 Å². The summed E-state index contributed by atoms with van der Waals surface area (Å²) in [6, 6.07) is 21.3. The van der Waals surface area contributed by atoms with Crippen LogP contribution in [-0.4, -0.2) is 36.7 Å². The molecule has 3 aromatic carbocycles. The number of amides is 1. The molecule has 1 aromatic heterocycles. The van der Waals surface area contributed by atoms with E-state index in [1.165, 1.54) is 31.7 Å². The Bertz CT molecular complexity index is 1500. The van der Waals surface area contributed by atoms with E-state index in [0.717, 1.165) is 43.7 Å². The van der Waals surface area contributed by atoms with Crippen LogP contribution in [0.15, 0.2) is 72.6 Å². The largest absolute Gasteiger partial charge is 0.444 e. The highest BCUT2D eigenvalue weighted by atomic mass is 35.5. The fourth-order valence-corrected chi connectivity index (χ4v) is 6.83. The lowest BCUT2D eigenvalue weighted by atomic mass is 10.00. The van der Waals surface area contributed by atoms with Crippen LogP contribution in [-0.2, 0) is 11.3 Å². The molecular formula is C28H24ClN3O2S. The number of hydrogen-bond acceptors (Lipinski definition) is 5. The van der Waals surface area contributed by atoms with E-state index in [0.29, 0.717) is 11.6 Å². The van der Waals surface area contributed by atoms with E-state index in [9.17, 15) is 4.79 Å². The average Bonchev–Trinajstić information content (AvgIpc) is 3.22. The summed E-state index contributed by atoms with van der Waals surface area (Å²) < 4.78 is 8.12. The molecule has 0 radical (unpaired) electrons. The molecule has 0 saturated carbocycles. The van der Waals surface area contributed by atoms with Crippen LogP contribution in [0.25, 0.3) is 20.2 Å². The minimum Gasteiger partial charge on any atom is -0.444 e. The molecule has 176 valence electrons. The SMILES string of the molecule is O=C1OCc2ccc(Cl)cc2N1C1CCN(C2=CCN2c2ccc3sc4ccccc4c3c2)CC1. The fourth-order valence-electron chi connectivity index (χ4n) is 5.57. The lowest BCUT2D eigenvalue weighted by Gasteiger charge is -2.46. The molecule has 1 saturated heterocycles. The maximum atomic E-state index is 12.7. The fraction of sp³-hybridized carbons (Fsp3) is 0.250. The molecule has 0 aliphatic carbocycles. The number of piperidine rings is 1. The third-order valence-corrected chi connectivity index (χ3v) is 8.80. The van der Waals surface area contributed by atoms with E-state index in [1.54, 1.807) is 0 Å². The first-order valence-corrected chi connectivity index (χ1v) is 13.2. The minimum absolute atomic E-state index is 0.110. The summed E-state index contributed by atoms with van der Waals surface area (Å²) in [4.78, 5) is 19.4. The van der Waals surface area contributed by atoms with Crippen LogP contribution in [0.1, 0.15) is 18.4 Å². The number of halogens is 1. The Morgan fingerprint density at radius 2 is 1.77 bits per heavy atom. The van der Waals surface area contributed by atoms with Gasteiger partial charge in [-0.1, -0.05) is 35.9 Å². The highest BCUT2D eigenvalue weighted by Gasteiger charge is 2.36. The van der Waals surface area contributed by atoms with Gasteiger partial charge in [-0.15, -0.1) is 11.3 Å². The number of thiophene rings is 1. The second-order valence-corrected chi connectivity index (χ2v) is 10.9. The van der Waals surface area contributed by atoms with Crippen molar-refractivity contribution in [2.45, 2.75) is 25.5 Å². The van der Waals surface area contributed by atoms with Crippen LogP contribution in [0.3, 0.4) is 0 Å². The number of ether oxygens (including phenoxy) is 1. The monoisotopic (exact) mass is 501 g/mol. The van der Waals surface area contributed by atoms with Crippen molar-refractivity contribution >= 4 is 60.6 Å². The van der Waals surface area contributed by atoms with Crippen molar-refractivity contribution in [3.8, 4) is 0 Å². The predicted octanol–water partition coefficient (Wildman–Crippen LogP) is 6.99. The molecule has 0 N–H and O–H groups in total. The van der Waals surface area contributed by atoms with Crippen LogP contribution in [0.2, 0.25) is 5.02 Å². The summed E-state index contributed by atoms with van der Waals surface area (Å²) in [6.45, 7) is 3.03. The van der Waals surface area contributed by atoms with Gasteiger partial charge >= 0.3 is 6.09 Å². The Morgan fingerprint density at radius 3 is 2.60 bits per heavy atom. The molecule has 0 unspecified atom stereocenters. The van der Waals surface area contributed by atoms with Gasteiger partial charge in [-0.3, -0.25) is 4.90 Å². The number of carbonyl (C=O) groups excluding carboxylic acids is 1. The number of anilines is 2. The summed E-state index contributed by atoms with van der Waals surface area (Å²) >= 11 is 8.11. The number of likely N-dealkylation sites (tertiary alicyclic amines) is 1. The molecule has 7 rings (SSSR count). The lowest BCUT2D eigenvalue weighted by molar-refractivity contribution is 0.134. The van der Waals surface area contributed by atoms with E-state index in [-0.39, 0.29) is 12.1 Å². The van der Waals surface area contributed by atoms with E-state index in [1.807, 2.05) is 34.4 Å². The maximum absolute atomic E-state index is 12.7. The van der Waals surface area contributed by atoms with Gasteiger partial charge in [0, 0.05) is 62.1 Å². The van der Waals surface area contributed by atoms with E-state index in [4.69, 9.17) is 16.3 Å². The molecule has 0 atom stereocenters.